The number of benzene rings is 3. The Morgan fingerprint density at radius 2 is 1.46 bits per heavy atom. The molecule has 0 saturated heterocycles. The van der Waals surface area contributed by atoms with Crippen LogP contribution in [0.2, 0.25) is 10.0 Å². The minimum Gasteiger partial charge on any atom is -0.330 e. The Morgan fingerprint density at radius 3 is 2.02 bits per heavy atom. The number of hydrogen-bond acceptors (Lipinski definition) is 3. The number of nitrogens with two attached hydrogens (primary N) is 1. The lowest BCUT2D eigenvalue weighted by atomic mass is 9.90. The molecule has 3 N–H and O–H groups in total. The van der Waals surface area contributed by atoms with Gasteiger partial charge in [-0.2, -0.15) is 0 Å². The highest BCUT2D eigenvalue weighted by atomic mass is 35.5. The molecule has 0 spiro atoms. The maximum absolute atomic E-state index is 14.2. The Bertz CT molecular complexity index is 1730. The predicted molar refractivity (Wildman–Crippen MR) is 208 cm³/mol. The lowest BCUT2D eigenvalue weighted by Gasteiger charge is -2.32. The van der Waals surface area contributed by atoms with Crippen LogP contribution in [-0.2, 0) is 10.3 Å². The summed E-state index contributed by atoms with van der Waals surface area (Å²) in [5.74, 6) is -0.569. The third kappa shape index (κ3) is 10.6. The molecule has 0 unspecified atom stereocenters. The van der Waals surface area contributed by atoms with Crippen LogP contribution >= 0.6 is 23.2 Å². The molecule has 4 nitrogen and oxygen atoms in total. The van der Waals surface area contributed by atoms with Gasteiger partial charge in [0.15, 0.2) is 0 Å². The van der Waals surface area contributed by atoms with Crippen molar-refractivity contribution >= 4 is 40.8 Å². The number of carbonyl (C=O) groups excluding carboxylic acids is 1. The van der Waals surface area contributed by atoms with Gasteiger partial charge in [-0.25, -0.2) is 8.78 Å². The molecular weight excluding hydrogens is 671 g/mol. The standard InChI is InChI=1S/C19H17ClFNO.C17H15ClFN.C3H9N.C3H8/c1-19(15-6-4-2-3-5-7-15)11-14(12-22(19)13-23)17-10-16(20)8-9-18(17)21;1-17(13-5-3-2-4-6-13)10-12(11-20-17)15-9-14(18)7-8-16(15)19;1-2-3-4;1-3-2/h2,4-11,13H,3,12H2,1H3;2-10,20H,11H2,1H3;2-4H2,1H3;3H2,1-2H3/t19-;17-;;/m00../s1. The van der Waals surface area contributed by atoms with Gasteiger partial charge in [0.2, 0.25) is 6.41 Å². The minimum absolute atomic E-state index is 0.236. The molecule has 2 aliphatic heterocycles. The highest BCUT2D eigenvalue weighted by molar-refractivity contribution is 6.31. The van der Waals surface area contributed by atoms with Crippen LogP contribution in [-0.4, -0.2) is 36.5 Å². The Labute approximate surface area is 307 Å². The van der Waals surface area contributed by atoms with Gasteiger partial charge in [0.05, 0.1) is 11.1 Å². The molecule has 0 fully saturated rings. The maximum atomic E-state index is 14.2. The molecule has 3 aromatic rings. The van der Waals surface area contributed by atoms with E-state index in [1.54, 1.807) is 23.1 Å². The smallest absolute Gasteiger partial charge is 0.210 e. The Morgan fingerprint density at radius 1 is 0.880 bits per heavy atom. The van der Waals surface area contributed by atoms with Crippen molar-refractivity contribution in [2.24, 2.45) is 5.73 Å². The third-order valence-corrected chi connectivity index (χ3v) is 8.88. The van der Waals surface area contributed by atoms with Crippen molar-refractivity contribution in [1.82, 2.24) is 10.2 Å². The lowest BCUT2D eigenvalue weighted by Crippen LogP contribution is -2.41. The maximum Gasteiger partial charge on any atom is 0.210 e. The van der Waals surface area contributed by atoms with E-state index in [1.165, 1.54) is 24.6 Å². The van der Waals surface area contributed by atoms with Crippen molar-refractivity contribution in [2.45, 2.75) is 65.0 Å². The third-order valence-electron chi connectivity index (χ3n) is 8.41. The second kappa shape index (κ2) is 19.5. The zero-order chi connectivity index (χ0) is 36.7. The van der Waals surface area contributed by atoms with Crippen molar-refractivity contribution in [3.05, 3.63) is 153 Å². The van der Waals surface area contributed by atoms with E-state index in [-0.39, 0.29) is 17.2 Å². The lowest BCUT2D eigenvalue weighted by molar-refractivity contribution is -0.119. The fourth-order valence-corrected chi connectivity index (χ4v) is 5.99. The number of halogens is 4. The minimum atomic E-state index is -0.600. The normalized spacial score (nSPS) is 20.5. The first-order valence-corrected chi connectivity index (χ1v) is 17.8. The zero-order valence-corrected chi connectivity index (χ0v) is 31.2. The van der Waals surface area contributed by atoms with E-state index in [4.69, 9.17) is 28.9 Å². The average Bonchev–Trinajstić information content (AvgIpc) is 3.55. The summed E-state index contributed by atoms with van der Waals surface area (Å²) in [6.45, 7) is 12.2. The molecule has 8 heteroatoms. The van der Waals surface area contributed by atoms with Crippen LogP contribution in [0.1, 0.15) is 70.6 Å². The number of hydrogen-bond donors (Lipinski definition) is 2. The number of rotatable bonds is 6. The number of carbonyl (C=O) groups is 1. The van der Waals surface area contributed by atoms with E-state index in [0.717, 1.165) is 48.1 Å². The first-order valence-electron chi connectivity index (χ1n) is 17.1. The summed E-state index contributed by atoms with van der Waals surface area (Å²) >= 11 is 12.0. The topological polar surface area (TPSA) is 58.4 Å². The van der Waals surface area contributed by atoms with Gasteiger partial charge in [-0.3, -0.25) is 4.79 Å². The van der Waals surface area contributed by atoms with Crippen LogP contribution in [0, 0.1) is 11.6 Å². The molecule has 6 rings (SSSR count). The quantitative estimate of drug-likeness (QED) is 0.249. The molecule has 1 amide bonds. The van der Waals surface area contributed by atoms with Crippen LogP contribution in [0.5, 0.6) is 0 Å². The van der Waals surface area contributed by atoms with Crippen molar-refractivity contribution in [3.63, 3.8) is 0 Å². The van der Waals surface area contributed by atoms with Gasteiger partial charge in [-0.15, -0.1) is 0 Å². The number of allylic oxidation sites excluding steroid dienone is 4. The second-order valence-corrected chi connectivity index (χ2v) is 13.4. The molecule has 50 heavy (non-hydrogen) atoms. The molecule has 2 atom stereocenters. The van der Waals surface area contributed by atoms with Crippen LogP contribution < -0.4 is 11.1 Å². The molecular formula is C42H49Cl2F2N3O. The molecule has 0 radical (unpaired) electrons. The highest BCUT2D eigenvalue weighted by Crippen LogP contribution is 2.39. The predicted octanol–water partition coefficient (Wildman–Crippen LogP) is 10.7. The first-order chi connectivity index (χ1) is 24.0. The monoisotopic (exact) mass is 719 g/mol. The van der Waals surface area contributed by atoms with Gasteiger partial charge < -0.3 is 16.0 Å². The Kier molecular flexibility index (Phi) is 15.9. The van der Waals surface area contributed by atoms with E-state index in [2.05, 4.69) is 57.3 Å². The van der Waals surface area contributed by atoms with Crippen molar-refractivity contribution in [2.75, 3.05) is 19.6 Å². The van der Waals surface area contributed by atoms with Gasteiger partial charge in [-0.1, -0.05) is 117 Å². The summed E-state index contributed by atoms with van der Waals surface area (Å²) in [6.07, 6.45) is 18.1. The number of amides is 1. The van der Waals surface area contributed by atoms with E-state index in [0.29, 0.717) is 34.3 Å². The molecule has 2 heterocycles. The first kappa shape index (κ1) is 40.6. The fraction of sp³-hybridized carbons (Fsp3) is 0.310. The second-order valence-electron chi connectivity index (χ2n) is 12.6. The highest BCUT2D eigenvalue weighted by Gasteiger charge is 2.38. The van der Waals surface area contributed by atoms with Gasteiger partial charge in [0, 0.05) is 34.3 Å². The molecule has 3 aromatic carbocycles. The summed E-state index contributed by atoms with van der Waals surface area (Å²) in [5.41, 5.74) is 9.04. The summed E-state index contributed by atoms with van der Waals surface area (Å²) in [6, 6.07) is 19.3. The summed E-state index contributed by atoms with van der Waals surface area (Å²) < 4.78 is 28.1. The summed E-state index contributed by atoms with van der Waals surface area (Å²) in [7, 11) is 0. The van der Waals surface area contributed by atoms with Crippen molar-refractivity contribution in [3.8, 4) is 0 Å². The van der Waals surface area contributed by atoms with Crippen molar-refractivity contribution < 1.29 is 13.6 Å². The van der Waals surface area contributed by atoms with Crippen molar-refractivity contribution in [1.29, 1.82) is 0 Å². The molecule has 1 aliphatic carbocycles. The van der Waals surface area contributed by atoms with E-state index in [1.807, 2.05) is 55.5 Å². The summed E-state index contributed by atoms with van der Waals surface area (Å²) in [4.78, 5) is 13.3. The average molecular weight is 721 g/mol. The summed E-state index contributed by atoms with van der Waals surface area (Å²) in [5, 5.41) is 4.47. The molecule has 3 aliphatic rings. The Hall–Kier alpha value is -3.81. The SMILES string of the molecule is CCC.CCCN.C[C@@]1(C2=CC=CCC=C2)C=C(c2cc(Cl)ccc2F)CN1C=O.C[C@@]1(c2ccccc2)C=C(c2cc(Cl)ccc2F)CN1. The van der Waals surface area contributed by atoms with Crippen LogP contribution in [0.15, 0.2) is 115 Å². The van der Waals surface area contributed by atoms with Gasteiger partial charge in [0.25, 0.3) is 0 Å². The van der Waals surface area contributed by atoms with Crippen LogP contribution in [0.25, 0.3) is 11.1 Å². The largest absolute Gasteiger partial charge is 0.330 e. The molecule has 0 bridgehead atoms. The zero-order valence-electron chi connectivity index (χ0n) is 29.7. The van der Waals surface area contributed by atoms with E-state index >= 15 is 0 Å². The van der Waals surface area contributed by atoms with E-state index < -0.39 is 5.54 Å². The molecule has 0 saturated carbocycles. The van der Waals surface area contributed by atoms with Crippen LogP contribution in [0.3, 0.4) is 0 Å². The van der Waals surface area contributed by atoms with Gasteiger partial charge in [-0.05, 0) is 98.0 Å². The van der Waals surface area contributed by atoms with Gasteiger partial charge in [0.1, 0.15) is 11.6 Å². The number of nitrogens with zero attached hydrogens (tertiary/aromatic N) is 1. The fourth-order valence-electron chi connectivity index (χ4n) is 5.65. The molecule has 266 valence electrons. The van der Waals surface area contributed by atoms with Gasteiger partial charge >= 0.3 is 0 Å². The Balaban J connectivity index is 0.000000230. The van der Waals surface area contributed by atoms with E-state index in [9.17, 15) is 13.6 Å². The van der Waals surface area contributed by atoms with Crippen LogP contribution in [0.4, 0.5) is 8.78 Å². The molecule has 0 aromatic heterocycles. The number of nitrogens with one attached hydrogen (secondary N) is 1.